The van der Waals surface area contributed by atoms with Crippen LogP contribution in [0.15, 0.2) is 29.6 Å². The number of benzene rings is 1. The molecule has 0 aliphatic carbocycles. The highest BCUT2D eigenvalue weighted by atomic mass is 79.9. The van der Waals surface area contributed by atoms with Crippen molar-refractivity contribution in [1.82, 2.24) is 4.98 Å². The van der Waals surface area contributed by atoms with Gasteiger partial charge in [-0.1, -0.05) is 12.1 Å². The summed E-state index contributed by atoms with van der Waals surface area (Å²) in [6, 6.07) is 4.78. The zero-order chi connectivity index (χ0) is 13.3. The number of halogens is 4. The van der Waals surface area contributed by atoms with Gasteiger partial charge in [0.15, 0.2) is 0 Å². The van der Waals surface area contributed by atoms with Gasteiger partial charge in [-0.15, -0.1) is 28.3 Å². The largest absolute Gasteiger partial charge is 0.416 e. The molecule has 0 spiro atoms. The van der Waals surface area contributed by atoms with E-state index in [1.54, 1.807) is 5.38 Å². The van der Waals surface area contributed by atoms with Gasteiger partial charge in [0.2, 0.25) is 0 Å². The Balaban J connectivity index is 0.00000180. The lowest BCUT2D eigenvalue weighted by atomic mass is 10.1. The van der Waals surface area contributed by atoms with Gasteiger partial charge >= 0.3 is 6.18 Å². The first kappa shape index (κ1) is 16.1. The molecule has 0 saturated carbocycles. The Morgan fingerprint density at radius 3 is 2.21 bits per heavy atom. The molecule has 0 fully saturated rings. The molecule has 0 bridgehead atoms. The molecule has 2 aromatic rings. The highest BCUT2D eigenvalue weighted by molar-refractivity contribution is 8.93. The summed E-state index contributed by atoms with van der Waals surface area (Å²) in [4.78, 5) is 4.28. The number of rotatable bonds is 2. The first-order valence-electron chi connectivity index (χ1n) is 5.26. The number of thiazole rings is 1. The van der Waals surface area contributed by atoms with Crippen LogP contribution >= 0.6 is 28.3 Å². The molecular formula is C12H12BrF3N2S. The summed E-state index contributed by atoms with van der Waals surface area (Å²) < 4.78 is 37.2. The van der Waals surface area contributed by atoms with Crippen molar-refractivity contribution in [2.75, 3.05) is 0 Å². The molecule has 1 heterocycles. The van der Waals surface area contributed by atoms with Crippen molar-refractivity contribution in [3.63, 3.8) is 0 Å². The van der Waals surface area contributed by atoms with Crippen LogP contribution in [0.5, 0.6) is 0 Å². The minimum atomic E-state index is -4.31. The minimum Gasteiger partial charge on any atom is -0.322 e. The first-order chi connectivity index (χ1) is 8.38. The molecule has 1 atom stereocenters. The van der Waals surface area contributed by atoms with E-state index in [1.165, 1.54) is 23.5 Å². The SMILES string of the molecule is Br.C[C@H](N)c1nc(-c2ccc(C(F)(F)F)cc2)cs1. The number of hydrogen-bond acceptors (Lipinski definition) is 3. The fourth-order valence-corrected chi connectivity index (χ4v) is 2.25. The summed E-state index contributed by atoms with van der Waals surface area (Å²) in [7, 11) is 0. The van der Waals surface area contributed by atoms with E-state index >= 15 is 0 Å². The molecule has 1 aromatic heterocycles. The average molecular weight is 353 g/mol. The van der Waals surface area contributed by atoms with E-state index in [0.29, 0.717) is 11.3 Å². The van der Waals surface area contributed by atoms with E-state index in [1.807, 2.05) is 6.92 Å². The van der Waals surface area contributed by atoms with Gasteiger partial charge in [-0.2, -0.15) is 13.2 Å². The molecule has 0 saturated heterocycles. The Hall–Kier alpha value is -0.920. The van der Waals surface area contributed by atoms with Crippen LogP contribution < -0.4 is 5.73 Å². The highest BCUT2D eigenvalue weighted by Crippen LogP contribution is 2.31. The van der Waals surface area contributed by atoms with Gasteiger partial charge in [0.1, 0.15) is 5.01 Å². The van der Waals surface area contributed by atoms with E-state index in [2.05, 4.69) is 4.98 Å². The topological polar surface area (TPSA) is 38.9 Å². The molecule has 0 amide bonds. The predicted molar refractivity (Wildman–Crippen MR) is 75.5 cm³/mol. The van der Waals surface area contributed by atoms with Crippen molar-refractivity contribution in [2.45, 2.75) is 19.1 Å². The fraction of sp³-hybridized carbons (Fsp3) is 0.250. The van der Waals surface area contributed by atoms with E-state index in [4.69, 9.17) is 5.73 Å². The van der Waals surface area contributed by atoms with Crippen LogP contribution in [-0.2, 0) is 6.18 Å². The number of hydrogen-bond donors (Lipinski definition) is 1. The predicted octanol–water partition coefficient (Wildman–Crippen LogP) is 4.43. The molecule has 2 N–H and O–H groups in total. The van der Waals surface area contributed by atoms with E-state index < -0.39 is 11.7 Å². The Morgan fingerprint density at radius 1 is 1.21 bits per heavy atom. The Bertz CT molecular complexity index is 535. The molecule has 0 radical (unpaired) electrons. The van der Waals surface area contributed by atoms with Crippen LogP contribution in [0, 0.1) is 0 Å². The van der Waals surface area contributed by atoms with Crippen LogP contribution in [0.2, 0.25) is 0 Å². The molecule has 1 aromatic carbocycles. The van der Waals surface area contributed by atoms with Crippen molar-refractivity contribution >= 4 is 28.3 Å². The summed E-state index contributed by atoms with van der Waals surface area (Å²) in [6.45, 7) is 1.81. The maximum absolute atomic E-state index is 12.4. The highest BCUT2D eigenvalue weighted by Gasteiger charge is 2.30. The van der Waals surface area contributed by atoms with Gasteiger partial charge in [-0.25, -0.2) is 4.98 Å². The van der Waals surface area contributed by atoms with Crippen LogP contribution in [0.25, 0.3) is 11.3 Å². The second kappa shape index (κ2) is 6.02. The molecular weight excluding hydrogens is 341 g/mol. The Kier molecular flexibility index (Phi) is 5.11. The zero-order valence-corrected chi connectivity index (χ0v) is 12.5. The van der Waals surface area contributed by atoms with Gasteiger partial charge < -0.3 is 5.73 Å². The van der Waals surface area contributed by atoms with Crippen LogP contribution in [0.4, 0.5) is 13.2 Å². The second-order valence-electron chi connectivity index (χ2n) is 3.93. The third-order valence-corrected chi connectivity index (χ3v) is 3.47. The number of nitrogens with two attached hydrogens (primary N) is 1. The standard InChI is InChI=1S/C12H11F3N2S.BrH/c1-7(16)11-17-10(6-18-11)8-2-4-9(5-3-8)12(13,14)15;/h2-7H,16H2,1H3;1H/t7-;/m0./s1. The number of aromatic nitrogens is 1. The van der Waals surface area contributed by atoms with Crippen molar-refractivity contribution < 1.29 is 13.2 Å². The molecule has 2 nitrogen and oxygen atoms in total. The molecule has 2 rings (SSSR count). The third-order valence-electron chi connectivity index (χ3n) is 2.42. The minimum absolute atomic E-state index is 0. The van der Waals surface area contributed by atoms with Gasteiger partial charge in [0.05, 0.1) is 17.3 Å². The summed E-state index contributed by atoms with van der Waals surface area (Å²) in [5, 5.41) is 2.56. The van der Waals surface area contributed by atoms with Crippen molar-refractivity contribution in [2.24, 2.45) is 5.73 Å². The molecule has 0 aliphatic heterocycles. The first-order valence-corrected chi connectivity index (χ1v) is 6.14. The average Bonchev–Trinajstić information content (AvgIpc) is 2.77. The Labute approximate surface area is 123 Å². The molecule has 0 unspecified atom stereocenters. The third kappa shape index (κ3) is 3.77. The molecule has 7 heteroatoms. The van der Waals surface area contributed by atoms with Crippen molar-refractivity contribution in [3.05, 3.63) is 40.2 Å². The van der Waals surface area contributed by atoms with Crippen molar-refractivity contribution in [1.29, 1.82) is 0 Å². The Morgan fingerprint density at radius 2 is 1.79 bits per heavy atom. The van der Waals surface area contributed by atoms with Gasteiger partial charge in [0, 0.05) is 10.9 Å². The fourth-order valence-electron chi connectivity index (χ4n) is 1.46. The van der Waals surface area contributed by atoms with Crippen LogP contribution in [0.3, 0.4) is 0 Å². The lowest BCUT2D eigenvalue weighted by Crippen LogP contribution is -2.04. The van der Waals surface area contributed by atoms with Gasteiger partial charge in [-0.3, -0.25) is 0 Å². The normalized spacial score (nSPS) is 12.9. The molecule has 104 valence electrons. The summed E-state index contributed by atoms with van der Waals surface area (Å²) in [5.41, 5.74) is 6.34. The van der Waals surface area contributed by atoms with Gasteiger partial charge in [-0.05, 0) is 19.1 Å². The van der Waals surface area contributed by atoms with E-state index in [0.717, 1.165) is 17.1 Å². The summed E-state index contributed by atoms with van der Waals surface area (Å²) >= 11 is 1.40. The van der Waals surface area contributed by atoms with Crippen LogP contribution in [0.1, 0.15) is 23.5 Å². The number of alkyl halides is 3. The second-order valence-corrected chi connectivity index (χ2v) is 4.82. The lowest BCUT2D eigenvalue weighted by molar-refractivity contribution is -0.137. The zero-order valence-electron chi connectivity index (χ0n) is 9.94. The maximum atomic E-state index is 12.4. The summed E-state index contributed by atoms with van der Waals surface area (Å²) in [6.07, 6.45) is -4.31. The number of nitrogens with zero attached hydrogens (tertiary/aromatic N) is 1. The lowest BCUT2D eigenvalue weighted by Gasteiger charge is -2.06. The van der Waals surface area contributed by atoms with E-state index in [-0.39, 0.29) is 23.0 Å². The summed E-state index contributed by atoms with van der Waals surface area (Å²) in [5.74, 6) is 0. The van der Waals surface area contributed by atoms with Crippen LogP contribution in [-0.4, -0.2) is 4.98 Å². The maximum Gasteiger partial charge on any atom is 0.416 e. The quantitative estimate of drug-likeness (QED) is 0.868. The monoisotopic (exact) mass is 352 g/mol. The van der Waals surface area contributed by atoms with E-state index in [9.17, 15) is 13.2 Å². The van der Waals surface area contributed by atoms with Crippen molar-refractivity contribution in [3.8, 4) is 11.3 Å². The molecule has 19 heavy (non-hydrogen) atoms. The van der Waals surface area contributed by atoms with Gasteiger partial charge in [0.25, 0.3) is 0 Å². The molecule has 0 aliphatic rings. The smallest absolute Gasteiger partial charge is 0.322 e.